The summed E-state index contributed by atoms with van der Waals surface area (Å²) in [5.41, 5.74) is 0. The molecule has 0 aromatic rings. The summed E-state index contributed by atoms with van der Waals surface area (Å²) in [4.78, 5) is 30.6. The average Bonchev–Trinajstić information content (AvgIpc) is 2.01. The molecule has 86 valence electrons. The molecule has 0 amide bonds. The van der Waals surface area contributed by atoms with Gasteiger partial charge in [-0.3, -0.25) is 19.7 Å². The number of rotatable bonds is 7. The molecule has 0 saturated carbocycles. The highest BCUT2D eigenvalue weighted by Gasteiger charge is 2.31. The molecule has 0 aliphatic rings. The average molecular weight is 219 g/mol. The van der Waals surface area contributed by atoms with Gasteiger partial charge in [0.15, 0.2) is 5.92 Å². The second kappa shape index (κ2) is 5.94. The Kier molecular flexibility index (Phi) is 5.29. The molecule has 15 heavy (non-hydrogen) atoms. The van der Waals surface area contributed by atoms with Gasteiger partial charge in [-0.25, -0.2) is 0 Å². The van der Waals surface area contributed by atoms with Crippen LogP contribution in [0.2, 0.25) is 0 Å². The van der Waals surface area contributed by atoms with Gasteiger partial charge in [0.25, 0.3) is 0 Å². The number of hydrogen-bond donors (Lipinski definition) is 2. The molecule has 0 rings (SSSR count). The van der Waals surface area contributed by atoms with Crippen molar-refractivity contribution in [2.75, 3.05) is 6.54 Å². The predicted octanol–water partition coefficient (Wildman–Crippen LogP) is 0.465. The molecule has 0 heterocycles. The van der Waals surface area contributed by atoms with Gasteiger partial charge < -0.3 is 10.2 Å². The maximum absolute atomic E-state index is 10.6. The van der Waals surface area contributed by atoms with Crippen molar-refractivity contribution in [1.29, 1.82) is 0 Å². The zero-order valence-electron chi connectivity index (χ0n) is 8.25. The summed E-state index contributed by atoms with van der Waals surface area (Å²) in [6.07, 6.45) is 0.398. The Morgan fingerprint density at radius 1 is 1.33 bits per heavy atom. The van der Waals surface area contributed by atoms with Crippen molar-refractivity contribution in [3.05, 3.63) is 10.1 Å². The van der Waals surface area contributed by atoms with E-state index >= 15 is 0 Å². The molecule has 0 fully saturated rings. The van der Waals surface area contributed by atoms with E-state index < -0.39 is 28.7 Å². The number of carbonyl (C=O) groups is 2. The van der Waals surface area contributed by atoms with Gasteiger partial charge in [0, 0.05) is 11.3 Å². The minimum Gasteiger partial charge on any atom is -0.481 e. The first-order valence-corrected chi connectivity index (χ1v) is 4.43. The lowest BCUT2D eigenvalue weighted by Crippen LogP contribution is -2.30. The Balaban J connectivity index is 4.15. The van der Waals surface area contributed by atoms with Crippen molar-refractivity contribution in [1.82, 2.24) is 0 Å². The zero-order valence-corrected chi connectivity index (χ0v) is 8.25. The lowest BCUT2D eigenvalue weighted by atomic mass is 9.90. The summed E-state index contributed by atoms with van der Waals surface area (Å²) < 4.78 is 0. The summed E-state index contributed by atoms with van der Waals surface area (Å²) in [5.74, 6) is -4.91. The summed E-state index contributed by atoms with van der Waals surface area (Å²) in [6, 6.07) is 0. The first kappa shape index (κ1) is 13.3. The Bertz CT molecular complexity index is 250. The van der Waals surface area contributed by atoms with Crippen LogP contribution in [0.5, 0.6) is 0 Å². The van der Waals surface area contributed by atoms with E-state index in [0.29, 0.717) is 0 Å². The van der Waals surface area contributed by atoms with Crippen molar-refractivity contribution >= 4 is 11.9 Å². The lowest BCUT2D eigenvalue weighted by molar-refractivity contribution is -0.480. The minimum atomic E-state index is -1.49. The Hall–Kier alpha value is -1.66. The highest BCUT2D eigenvalue weighted by atomic mass is 16.6. The third-order valence-electron chi connectivity index (χ3n) is 2.10. The molecule has 0 unspecified atom stereocenters. The smallest absolute Gasteiger partial charge is 0.318 e. The van der Waals surface area contributed by atoms with E-state index in [4.69, 9.17) is 10.2 Å². The fraction of sp³-hybridized carbons (Fsp3) is 0.750. The fourth-order valence-electron chi connectivity index (χ4n) is 1.30. The van der Waals surface area contributed by atoms with Gasteiger partial charge >= 0.3 is 11.9 Å². The van der Waals surface area contributed by atoms with Gasteiger partial charge in [-0.05, 0) is 12.3 Å². The maximum Gasteiger partial charge on any atom is 0.318 e. The van der Waals surface area contributed by atoms with E-state index in [9.17, 15) is 19.7 Å². The quantitative estimate of drug-likeness (QED) is 0.365. The van der Waals surface area contributed by atoms with Gasteiger partial charge in [0.1, 0.15) is 0 Å². The first-order chi connectivity index (χ1) is 6.86. The topological polar surface area (TPSA) is 118 Å². The molecule has 0 radical (unpaired) electrons. The molecule has 0 aliphatic carbocycles. The fourth-order valence-corrected chi connectivity index (χ4v) is 1.30. The molecule has 0 bridgehead atoms. The molecule has 1 atom stereocenters. The molecule has 0 saturated heterocycles. The molecule has 2 N–H and O–H groups in total. The molecule has 0 spiro atoms. The molecule has 0 aromatic heterocycles. The normalized spacial score (nSPS) is 12.4. The van der Waals surface area contributed by atoms with Crippen LogP contribution in [0.4, 0.5) is 0 Å². The van der Waals surface area contributed by atoms with Crippen LogP contribution in [0.25, 0.3) is 0 Å². The predicted molar refractivity (Wildman–Crippen MR) is 49.0 cm³/mol. The Morgan fingerprint density at radius 3 is 2.13 bits per heavy atom. The number of nitrogens with zero attached hydrogens (tertiary/aromatic N) is 1. The molecular weight excluding hydrogens is 206 g/mol. The number of hydrogen-bond acceptors (Lipinski definition) is 4. The SMILES string of the molecule is C[C@H](CCC[N+](=O)[O-])C(C(=O)O)C(=O)O. The van der Waals surface area contributed by atoms with Gasteiger partial charge in [-0.1, -0.05) is 6.92 Å². The van der Waals surface area contributed by atoms with Gasteiger partial charge in [0.2, 0.25) is 6.54 Å². The molecular formula is C8H13NO6. The van der Waals surface area contributed by atoms with Crippen molar-refractivity contribution in [3.63, 3.8) is 0 Å². The molecule has 7 heteroatoms. The van der Waals surface area contributed by atoms with Crippen LogP contribution >= 0.6 is 0 Å². The standard InChI is InChI=1S/C8H13NO6/c1-5(3-2-4-9(14)15)6(7(10)11)8(12)13/h5-6H,2-4H2,1H3,(H,10,11)(H,12,13)/t5-/m1/s1. The second-order valence-electron chi connectivity index (χ2n) is 3.33. The van der Waals surface area contributed by atoms with Crippen molar-refractivity contribution < 1.29 is 24.7 Å². The summed E-state index contributed by atoms with van der Waals surface area (Å²) in [5, 5.41) is 27.2. The lowest BCUT2D eigenvalue weighted by Gasteiger charge is -2.14. The molecule has 0 aromatic carbocycles. The van der Waals surface area contributed by atoms with E-state index in [1.807, 2.05) is 0 Å². The summed E-state index contributed by atoms with van der Waals surface area (Å²) in [6.45, 7) is 1.20. The maximum atomic E-state index is 10.6. The van der Waals surface area contributed by atoms with Crippen LogP contribution in [0.1, 0.15) is 19.8 Å². The van der Waals surface area contributed by atoms with Crippen molar-refractivity contribution in [2.24, 2.45) is 11.8 Å². The third kappa shape index (κ3) is 4.94. The van der Waals surface area contributed by atoms with E-state index in [2.05, 4.69) is 0 Å². The van der Waals surface area contributed by atoms with Crippen LogP contribution in [0, 0.1) is 22.0 Å². The Labute approximate surface area is 85.9 Å². The van der Waals surface area contributed by atoms with Crippen LogP contribution in [0.3, 0.4) is 0 Å². The largest absolute Gasteiger partial charge is 0.481 e. The van der Waals surface area contributed by atoms with E-state index in [0.717, 1.165) is 0 Å². The van der Waals surface area contributed by atoms with Gasteiger partial charge in [-0.2, -0.15) is 0 Å². The summed E-state index contributed by atoms with van der Waals surface area (Å²) >= 11 is 0. The second-order valence-corrected chi connectivity index (χ2v) is 3.33. The van der Waals surface area contributed by atoms with Crippen LogP contribution in [-0.4, -0.2) is 33.6 Å². The number of carboxylic acid groups (broad SMARTS) is 2. The van der Waals surface area contributed by atoms with Crippen molar-refractivity contribution in [2.45, 2.75) is 19.8 Å². The minimum absolute atomic E-state index is 0.186. The molecule has 0 aliphatic heterocycles. The number of carboxylic acids is 2. The third-order valence-corrected chi connectivity index (χ3v) is 2.10. The van der Waals surface area contributed by atoms with Crippen molar-refractivity contribution in [3.8, 4) is 0 Å². The number of nitro groups is 1. The van der Waals surface area contributed by atoms with Gasteiger partial charge in [0.05, 0.1) is 0 Å². The summed E-state index contributed by atoms with van der Waals surface area (Å²) in [7, 11) is 0. The molecule has 7 nitrogen and oxygen atoms in total. The van der Waals surface area contributed by atoms with Crippen LogP contribution < -0.4 is 0 Å². The van der Waals surface area contributed by atoms with Crippen LogP contribution in [-0.2, 0) is 9.59 Å². The first-order valence-electron chi connectivity index (χ1n) is 4.43. The van der Waals surface area contributed by atoms with Crippen LogP contribution in [0.15, 0.2) is 0 Å². The van der Waals surface area contributed by atoms with Gasteiger partial charge in [-0.15, -0.1) is 0 Å². The number of aliphatic carboxylic acids is 2. The zero-order chi connectivity index (χ0) is 12.0. The van der Waals surface area contributed by atoms with E-state index in [-0.39, 0.29) is 19.4 Å². The monoisotopic (exact) mass is 219 g/mol. The Morgan fingerprint density at radius 2 is 1.80 bits per heavy atom. The van der Waals surface area contributed by atoms with E-state index in [1.54, 1.807) is 0 Å². The van der Waals surface area contributed by atoms with E-state index in [1.165, 1.54) is 6.92 Å². The highest BCUT2D eigenvalue weighted by Crippen LogP contribution is 2.18. The highest BCUT2D eigenvalue weighted by molar-refractivity contribution is 5.93.